The van der Waals surface area contributed by atoms with Crippen LogP contribution in [0.4, 0.5) is 4.79 Å². The van der Waals surface area contributed by atoms with Crippen molar-refractivity contribution in [3.05, 3.63) is 0 Å². The number of ether oxygens (including phenoxy) is 1. The standard InChI is InChI=1S/C9H19N3O2/c10-9(13)14-6-5-12-7-8-1-3-11-4-2-8/h8,11-12H,1-7H2,(H2,10,13). The highest BCUT2D eigenvalue weighted by atomic mass is 16.5. The van der Waals surface area contributed by atoms with Crippen molar-refractivity contribution in [3.63, 3.8) is 0 Å². The van der Waals surface area contributed by atoms with Gasteiger partial charge >= 0.3 is 6.09 Å². The maximum absolute atomic E-state index is 10.2. The summed E-state index contributed by atoms with van der Waals surface area (Å²) in [5.41, 5.74) is 4.82. The second-order valence-electron chi connectivity index (χ2n) is 3.56. The fourth-order valence-electron chi connectivity index (χ4n) is 1.62. The quantitative estimate of drug-likeness (QED) is 0.532. The summed E-state index contributed by atoms with van der Waals surface area (Å²) < 4.78 is 4.60. The van der Waals surface area contributed by atoms with Crippen molar-refractivity contribution in [2.45, 2.75) is 12.8 Å². The van der Waals surface area contributed by atoms with Crippen molar-refractivity contribution >= 4 is 6.09 Å². The summed E-state index contributed by atoms with van der Waals surface area (Å²) >= 11 is 0. The molecule has 0 spiro atoms. The highest BCUT2D eigenvalue weighted by Crippen LogP contribution is 2.09. The fraction of sp³-hybridized carbons (Fsp3) is 0.889. The fourth-order valence-corrected chi connectivity index (χ4v) is 1.62. The van der Waals surface area contributed by atoms with Gasteiger partial charge in [0.2, 0.25) is 0 Å². The summed E-state index contributed by atoms with van der Waals surface area (Å²) in [5, 5.41) is 6.57. The van der Waals surface area contributed by atoms with Gasteiger partial charge in [0.15, 0.2) is 0 Å². The predicted molar refractivity (Wildman–Crippen MR) is 54.0 cm³/mol. The summed E-state index contributed by atoms with van der Waals surface area (Å²) in [6.45, 7) is 4.28. The highest BCUT2D eigenvalue weighted by Gasteiger charge is 2.11. The van der Waals surface area contributed by atoms with Crippen LogP contribution in [0, 0.1) is 5.92 Å². The van der Waals surface area contributed by atoms with Crippen molar-refractivity contribution in [2.24, 2.45) is 11.7 Å². The molecule has 1 aliphatic rings. The van der Waals surface area contributed by atoms with Gasteiger partial charge in [-0.15, -0.1) is 0 Å². The molecule has 1 amide bonds. The summed E-state index contributed by atoms with van der Waals surface area (Å²) in [6, 6.07) is 0. The van der Waals surface area contributed by atoms with Crippen LogP contribution in [0.5, 0.6) is 0 Å². The second kappa shape index (κ2) is 6.62. The first-order valence-electron chi connectivity index (χ1n) is 5.12. The van der Waals surface area contributed by atoms with Crippen LogP contribution in [-0.4, -0.2) is 38.9 Å². The minimum Gasteiger partial charge on any atom is -0.448 e. The lowest BCUT2D eigenvalue weighted by Crippen LogP contribution is -2.35. The Kier molecular flexibility index (Phi) is 5.32. The molecule has 1 heterocycles. The SMILES string of the molecule is NC(=O)OCCNCC1CCNCC1. The minimum atomic E-state index is -0.700. The maximum Gasteiger partial charge on any atom is 0.404 e. The molecule has 5 nitrogen and oxygen atoms in total. The van der Waals surface area contributed by atoms with Gasteiger partial charge in [-0.25, -0.2) is 4.79 Å². The first-order valence-corrected chi connectivity index (χ1v) is 5.12. The Hall–Kier alpha value is -0.810. The van der Waals surface area contributed by atoms with Gasteiger partial charge in [0.25, 0.3) is 0 Å². The third-order valence-corrected chi connectivity index (χ3v) is 2.41. The highest BCUT2D eigenvalue weighted by molar-refractivity contribution is 5.64. The summed E-state index contributed by atoms with van der Waals surface area (Å²) in [5.74, 6) is 0.754. The zero-order valence-electron chi connectivity index (χ0n) is 8.42. The number of carbonyl (C=O) groups excluding carboxylic acids is 1. The molecule has 0 aromatic rings. The Morgan fingerprint density at radius 1 is 1.50 bits per heavy atom. The first kappa shape index (κ1) is 11.3. The summed E-state index contributed by atoms with van der Waals surface area (Å²) in [6.07, 6.45) is 1.75. The van der Waals surface area contributed by atoms with E-state index in [-0.39, 0.29) is 0 Å². The van der Waals surface area contributed by atoms with E-state index in [2.05, 4.69) is 15.4 Å². The van der Waals surface area contributed by atoms with E-state index in [1.54, 1.807) is 0 Å². The van der Waals surface area contributed by atoms with E-state index in [1.807, 2.05) is 0 Å². The monoisotopic (exact) mass is 201 g/mol. The first-order chi connectivity index (χ1) is 6.79. The van der Waals surface area contributed by atoms with Crippen molar-refractivity contribution < 1.29 is 9.53 Å². The van der Waals surface area contributed by atoms with Gasteiger partial charge in [-0.2, -0.15) is 0 Å². The lowest BCUT2D eigenvalue weighted by atomic mass is 9.98. The van der Waals surface area contributed by atoms with E-state index in [0.29, 0.717) is 13.2 Å². The van der Waals surface area contributed by atoms with Gasteiger partial charge in [-0.3, -0.25) is 0 Å². The minimum absolute atomic E-state index is 0.361. The molecule has 82 valence electrons. The molecule has 14 heavy (non-hydrogen) atoms. The zero-order chi connectivity index (χ0) is 10.2. The van der Waals surface area contributed by atoms with E-state index >= 15 is 0 Å². The molecule has 0 radical (unpaired) electrons. The largest absolute Gasteiger partial charge is 0.448 e. The van der Waals surface area contributed by atoms with Crippen LogP contribution in [0.25, 0.3) is 0 Å². The van der Waals surface area contributed by atoms with E-state index in [1.165, 1.54) is 12.8 Å². The molecular weight excluding hydrogens is 182 g/mol. The predicted octanol–water partition coefficient (Wildman–Crippen LogP) is -0.329. The van der Waals surface area contributed by atoms with Gasteiger partial charge in [0, 0.05) is 6.54 Å². The van der Waals surface area contributed by atoms with Gasteiger partial charge in [-0.1, -0.05) is 0 Å². The van der Waals surface area contributed by atoms with Crippen LogP contribution >= 0.6 is 0 Å². The van der Waals surface area contributed by atoms with Crippen molar-refractivity contribution in [3.8, 4) is 0 Å². The molecule has 4 N–H and O–H groups in total. The van der Waals surface area contributed by atoms with E-state index in [9.17, 15) is 4.79 Å². The molecular formula is C9H19N3O2. The van der Waals surface area contributed by atoms with Crippen LogP contribution in [0.15, 0.2) is 0 Å². The molecule has 0 aromatic heterocycles. The molecule has 0 bridgehead atoms. The summed E-state index contributed by atoms with van der Waals surface area (Å²) in [4.78, 5) is 10.2. The number of primary amides is 1. The molecule has 5 heteroatoms. The topological polar surface area (TPSA) is 76.4 Å². The molecule has 0 unspecified atom stereocenters. The van der Waals surface area contributed by atoms with Crippen LogP contribution in [-0.2, 0) is 4.74 Å². The van der Waals surface area contributed by atoms with Gasteiger partial charge in [0.1, 0.15) is 6.61 Å². The Morgan fingerprint density at radius 2 is 2.21 bits per heavy atom. The molecule has 0 aliphatic carbocycles. The third-order valence-electron chi connectivity index (χ3n) is 2.41. The average molecular weight is 201 g/mol. The van der Waals surface area contributed by atoms with E-state index in [4.69, 9.17) is 5.73 Å². The number of hydrogen-bond donors (Lipinski definition) is 3. The number of piperidine rings is 1. The number of hydrogen-bond acceptors (Lipinski definition) is 4. The number of nitrogens with one attached hydrogen (secondary N) is 2. The van der Waals surface area contributed by atoms with Crippen LogP contribution in [0.3, 0.4) is 0 Å². The lowest BCUT2D eigenvalue weighted by molar-refractivity contribution is 0.156. The Morgan fingerprint density at radius 3 is 2.86 bits per heavy atom. The number of rotatable bonds is 5. The Balaban J connectivity index is 1.90. The molecule has 0 saturated carbocycles. The maximum atomic E-state index is 10.2. The van der Waals surface area contributed by atoms with Crippen LogP contribution < -0.4 is 16.4 Å². The molecule has 0 aromatic carbocycles. The van der Waals surface area contributed by atoms with E-state index in [0.717, 1.165) is 25.6 Å². The van der Waals surface area contributed by atoms with Crippen molar-refractivity contribution in [1.29, 1.82) is 0 Å². The number of amides is 1. The van der Waals surface area contributed by atoms with Crippen LogP contribution in [0.1, 0.15) is 12.8 Å². The van der Waals surface area contributed by atoms with Gasteiger partial charge in [0.05, 0.1) is 0 Å². The number of carbonyl (C=O) groups is 1. The Labute approximate surface area is 84.4 Å². The van der Waals surface area contributed by atoms with Crippen LogP contribution in [0.2, 0.25) is 0 Å². The van der Waals surface area contributed by atoms with Crippen molar-refractivity contribution in [2.75, 3.05) is 32.8 Å². The zero-order valence-corrected chi connectivity index (χ0v) is 8.42. The number of nitrogens with two attached hydrogens (primary N) is 1. The molecule has 1 fully saturated rings. The molecule has 1 rings (SSSR count). The van der Waals surface area contributed by atoms with E-state index < -0.39 is 6.09 Å². The third kappa shape index (κ3) is 5.04. The molecule has 1 saturated heterocycles. The van der Waals surface area contributed by atoms with Crippen molar-refractivity contribution in [1.82, 2.24) is 10.6 Å². The molecule has 1 aliphatic heterocycles. The van der Waals surface area contributed by atoms with Gasteiger partial charge < -0.3 is 21.1 Å². The lowest BCUT2D eigenvalue weighted by Gasteiger charge is -2.22. The average Bonchev–Trinajstić information content (AvgIpc) is 2.18. The van der Waals surface area contributed by atoms with Gasteiger partial charge in [-0.05, 0) is 38.4 Å². The Bertz CT molecular complexity index is 169. The smallest absolute Gasteiger partial charge is 0.404 e. The summed E-state index contributed by atoms with van der Waals surface area (Å²) in [7, 11) is 0. The normalized spacial score (nSPS) is 18.0. The second-order valence-corrected chi connectivity index (χ2v) is 3.56. The molecule has 0 atom stereocenters.